The topological polar surface area (TPSA) is 63.2 Å². The summed E-state index contributed by atoms with van der Waals surface area (Å²) in [7, 11) is -2.93. The number of amides is 1. The summed E-state index contributed by atoms with van der Waals surface area (Å²) < 4.78 is 23.4. The maximum absolute atomic E-state index is 11.9. The fourth-order valence-corrected chi connectivity index (χ4v) is 3.62. The Morgan fingerprint density at radius 1 is 1.00 bits per heavy atom. The van der Waals surface area contributed by atoms with Gasteiger partial charge in [0.2, 0.25) is 5.91 Å². The minimum atomic E-state index is -2.93. The zero-order chi connectivity index (χ0) is 18.7. The van der Waals surface area contributed by atoms with Crippen LogP contribution in [0.15, 0.2) is 24.3 Å². The lowest BCUT2D eigenvalue weighted by Gasteiger charge is -2.08. The van der Waals surface area contributed by atoms with Crippen LogP contribution in [0.25, 0.3) is 0 Å². The van der Waals surface area contributed by atoms with Gasteiger partial charge in [-0.05, 0) is 57.2 Å². The van der Waals surface area contributed by atoms with Gasteiger partial charge in [-0.2, -0.15) is 0 Å². The normalized spacial score (nSPS) is 11.7. The van der Waals surface area contributed by atoms with Crippen molar-refractivity contribution in [1.82, 2.24) is 0 Å². The SMILES string of the molecule is CCCCc1ccc(NC(=O)CCCCCCS(=O)(=O)C(C)C)cc1. The Labute approximate surface area is 153 Å². The third-order valence-corrected chi connectivity index (χ3v) is 6.65. The van der Waals surface area contributed by atoms with Gasteiger partial charge in [0, 0.05) is 12.1 Å². The minimum absolute atomic E-state index is 0.0242. The molecule has 0 aliphatic carbocycles. The Kier molecular flexibility index (Phi) is 9.79. The van der Waals surface area contributed by atoms with Crippen molar-refractivity contribution in [3.05, 3.63) is 29.8 Å². The molecule has 1 amide bonds. The second kappa shape index (κ2) is 11.3. The van der Waals surface area contributed by atoms with E-state index in [0.29, 0.717) is 12.8 Å². The smallest absolute Gasteiger partial charge is 0.224 e. The molecule has 0 saturated carbocycles. The van der Waals surface area contributed by atoms with Gasteiger partial charge in [0.1, 0.15) is 0 Å². The van der Waals surface area contributed by atoms with Gasteiger partial charge in [-0.3, -0.25) is 4.79 Å². The quantitative estimate of drug-likeness (QED) is 0.543. The highest BCUT2D eigenvalue weighted by Crippen LogP contribution is 2.13. The van der Waals surface area contributed by atoms with Crippen molar-refractivity contribution in [2.24, 2.45) is 0 Å². The molecule has 0 spiro atoms. The molecule has 0 aliphatic rings. The lowest BCUT2D eigenvalue weighted by molar-refractivity contribution is -0.116. The first-order valence-corrected chi connectivity index (χ1v) is 11.2. The highest BCUT2D eigenvalue weighted by molar-refractivity contribution is 7.91. The van der Waals surface area contributed by atoms with Gasteiger partial charge in [0.05, 0.1) is 11.0 Å². The van der Waals surface area contributed by atoms with Crippen LogP contribution in [0.3, 0.4) is 0 Å². The molecule has 25 heavy (non-hydrogen) atoms. The van der Waals surface area contributed by atoms with Crippen molar-refractivity contribution >= 4 is 21.4 Å². The van der Waals surface area contributed by atoms with Crippen molar-refractivity contribution < 1.29 is 13.2 Å². The molecule has 0 fully saturated rings. The number of rotatable bonds is 12. The molecule has 0 atom stereocenters. The highest BCUT2D eigenvalue weighted by atomic mass is 32.2. The third kappa shape index (κ3) is 9.05. The Balaban J connectivity index is 2.18. The zero-order valence-electron chi connectivity index (χ0n) is 15.9. The highest BCUT2D eigenvalue weighted by Gasteiger charge is 2.14. The predicted molar refractivity (Wildman–Crippen MR) is 106 cm³/mol. The largest absolute Gasteiger partial charge is 0.326 e. The number of aryl methyl sites for hydroxylation is 1. The molecular formula is C20H33NO3S. The molecule has 4 nitrogen and oxygen atoms in total. The van der Waals surface area contributed by atoms with Crippen molar-refractivity contribution in [2.75, 3.05) is 11.1 Å². The fraction of sp³-hybridized carbons (Fsp3) is 0.650. The standard InChI is InChI=1S/C20H33NO3S/c1-4-5-10-18-12-14-19(15-13-18)21-20(22)11-8-6-7-9-16-25(23,24)17(2)3/h12-15,17H,4-11,16H2,1-3H3,(H,21,22). The van der Waals surface area contributed by atoms with Crippen LogP contribution in [-0.2, 0) is 21.1 Å². The lowest BCUT2D eigenvalue weighted by Crippen LogP contribution is -2.17. The number of unbranched alkanes of at least 4 members (excludes halogenated alkanes) is 4. The van der Waals surface area contributed by atoms with E-state index in [1.165, 1.54) is 18.4 Å². The van der Waals surface area contributed by atoms with Crippen LogP contribution >= 0.6 is 0 Å². The summed E-state index contributed by atoms with van der Waals surface area (Å²) in [5.74, 6) is 0.275. The molecule has 0 radical (unpaired) electrons. The molecule has 142 valence electrons. The Hall–Kier alpha value is -1.36. The summed E-state index contributed by atoms with van der Waals surface area (Å²) >= 11 is 0. The summed E-state index contributed by atoms with van der Waals surface area (Å²) in [5.41, 5.74) is 2.14. The molecule has 1 aromatic rings. The van der Waals surface area contributed by atoms with E-state index in [9.17, 15) is 13.2 Å². The van der Waals surface area contributed by atoms with Gasteiger partial charge in [0.25, 0.3) is 0 Å². The van der Waals surface area contributed by atoms with E-state index in [4.69, 9.17) is 0 Å². The summed E-state index contributed by atoms with van der Waals surface area (Å²) in [5, 5.41) is 2.62. The van der Waals surface area contributed by atoms with Crippen LogP contribution in [0.2, 0.25) is 0 Å². The van der Waals surface area contributed by atoms with E-state index in [2.05, 4.69) is 24.4 Å². The van der Waals surface area contributed by atoms with E-state index in [0.717, 1.165) is 31.4 Å². The van der Waals surface area contributed by atoms with Gasteiger partial charge >= 0.3 is 0 Å². The number of anilines is 1. The van der Waals surface area contributed by atoms with Crippen LogP contribution < -0.4 is 5.32 Å². The summed E-state index contributed by atoms with van der Waals surface area (Å²) in [6.45, 7) is 5.61. The Morgan fingerprint density at radius 3 is 2.24 bits per heavy atom. The van der Waals surface area contributed by atoms with Crippen LogP contribution in [0.4, 0.5) is 5.69 Å². The average Bonchev–Trinajstić information content (AvgIpc) is 2.57. The maximum atomic E-state index is 11.9. The second-order valence-corrected chi connectivity index (χ2v) is 9.61. The van der Waals surface area contributed by atoms with E-state index in [1.54, 1.807) is 13.8 Å². The first-order valence-electron chi connectivity index (χ1n) is 9.45. The Bertz CT molecular complexity index is 606. The number of hydrogen-bond donors (Lipinski definition) is 1. The number of nitrogens with one attached hydrogen (secondary N) is 1. The third-order valence-electron chi connectivity index (χ3n) is 4.36. The van der Waals surface area contributed by atoms with Crippen molar-refractivity contribution in [1.29, 1.82) is 0 Å². The van der Waals surface area contributed by atoms with Crippen LogP contribution in [0.5, 0.6) is 0 Å². The number of benzene rings is 1. The molecule has 0 aliphatic heterocycles. The summed E-state index contributed by atoms with van der Waals surface area (Å²) in [6.07, 6.45) is 7.14. The van der Waals surface area contributed by atoms with Crippen LogP contribution in [0.1, 0.15) is 71.3 Å². The van der Waals surface area contributed by atoms with E-state index in [-0.39, 0.29) is 16.9 Å². The van der Waals surface area contributed by atoms with Gasteiger partial charge in [-0.1, -0.05) is 38.3 Å². The first-order chi connectivity index (χ1) is 11.8. The molecule has 1 aromatic carbocycles. The molecule has 0 unspecified atom stereocenters. The Morgan fingerprint density at radius 2 is 1.64 bits per heavy atom. The molecule has 5 heteroatoms. The molecule has 1 rings (SSSR count). The van der Waals surface area contributed by atoms with Gasteiger partial charge < -0.3 is 5.32 Å². The number of hydrogen-bond acceptors (Lipinski definition) is 3. The van der Waals surface area contributed by atoms with Crippen molar-refractivity contribution in [2.45, 2.75) is 77.4 Å². The van der Waals surface area contributed by atoms with Gasteiger partial charge in [-0.15, -0.1) is 0 Å². The molecule has 1 N–H and O–H groups in total. The van der Waals surface area contributed by atoms with E-state index < -0.39 is 9.84 Å². The molecular weight excluding hydrogens is 334 g/mol. The van der Waals surface area contributed by atoms with E-state index >= 15 is 0 Å². The maximum Gasteiger partial charge on any atom is 0.224 e. The molecule has 0 aromatic heterocycles. The number of sulfone groups is 1. The first kappa shape index (κ1) is 21.7. The van der Waals surface area contributed by atoms with Crippen LogP contribution in [0, 0.1) is 0 Å². The average molecular weight is 368 g/mol. The summed E-state index contributed by atoms with van der Waals surface area (Å²) in [4.78, 5) is 11.9. The molecule has 0 saturated heterocycles. The van der Waals surface area contributed by atoms with Gasteiger partial charge in [-0.25, -0.2) is 8.42 Å². The van der Waals surface area contributed by atoms with Crippen LogP contribution in [-0.4, -0.2) is 25.3 Å². The monoisotopic (exact) mass is 367 g/mol. The fourth-order valence-electron chi connectivity index (χ4n) is 2.54. The number of carbonyl (C=O) groups excluding carboxylic acids is 1. The second-order valence-electron chi connectivity index (χ2n) is 6.93. The lowest BCUT2D eigenvalue weighted by atomic mass is 10.1. The molecule has 0 heterocycles. The molecule has 0 bridgehead atoms. The predicted octanol–water partition coefficient (Wildman–Crippen LogP) is 4.74. The van der Waals surface area contributed by atoms with Gasteiger partial charge in [0.15, 0.2) is 9.84 Å². The minimum Gasteiger partial charge on any atom is -0.326 e. The zero-order valence-corrected chi connectivity index (χ0v) is 16.7. The van der Waals surface area contributed by atoms with E-state index in [1.807, 2.05) is 12.1 Å². The van der Waals surface area contributed by atoms with Crippen molar-refractivity contribution in [3.63, 3.8) is 0 Å². The summed E-state index contributed by atoms with van der Waals surface area (Å²) in [6, 6.07) is 8.06. The van der Waals surface area contributed by atoms with Crippen molar-refractivity contribution in [3.8, 4) is 0 Å². The number of carbonyl (C=O) groups is 1.